The molecule has 3 atom stereocenters. The van der Waals surface area contributed by atoms with E-state index in [1.165, 1.54) is 56.2 Å². The first-order valence-electron chi connectivity index (χ1n) is 7.83. The lowest BCUT2D eigenvalue weighted by Gasteiger charge is -2.36. The predicted octanol–water partition coefficient (Wildman–Crippen LogP) is 3.46. The zero-order valence-corrected chi connectivity index (χ0v) is 12.8. The van der Waals surface area contributed by atoms with Gasteiger partial charge in [0.2, 0.25) is 0 Å². The maximum absolute atomic E-state index is 3.86. The van der Waals surface area contributed by atoms with Crippen LogP contribution in [0.15, 0.2) is 10.8 Å². The third kappa shape index (κ3) is 3.21. The number of rotatable bonds is 4. The molecule has 106 valence electrons. The first kappa shape index (κ1) is 13.6. The molecule has 0 amide bonds. The monoisotopic (exact) mass is 278 g/mol. The summed E-state index contributed by atoms with van der Waals surface area (Å²) >= 11 is 1.83. The number of aryl methyl sites for hydroxylation is 1. The minimum atomic E-state index is 0.726. The molecule has 3 rings (SSSR count). The second-order valence-corrected chi connectivity index (χ2v) is 6.96. The molecule has 1 aromatic rings. The summed E-state index contributed by atoms with van der Waals surface area (Å²) in [5.41, 5.74) is 2.94. The molecular weight excluding hydrogens is 252 g/mol. The normalized spacial score (nSPS) is 31.7. The molecule has 2 N–H and O–H groups in total. The molecule has 0 radical (unpaired) electrons. The average Bonchev–Trinajstić information content (AvgIpc) is 3.08. The Morgan fingerprint density at radius 3 is 2.84 bits per heavy atom. The average molecular weight is 278 g/mol. The van der Waals surface area contributed by atoms with E-state index in [1.807, 2.05) is 11.3 Å². The molecule has 2 nitrogen and oxygen atoms in total. The topological polar surface area (TPSA) is 24.1 Å². The highest BCUT2D eigenvalue weighted by molar-refractivity contribution is 7.08. The minimum Gasteiger partial charge on any atom is -0.314 e. The molecule has 0 aromatic carbocycles. The molecule has 2 fully saturated rings. The van der Waals surface area contributed by atoms with Crippen LogP contribution in [0.4, 0.5) is 0 Å². The van der Waals surface area contributed by atoms with E-state index in [2.05, 4.69) is 28.3 Å². The molecule has 0 bridgehead atoms. The van der Waals surface area contributed by atoms with Gasteiger partial charge in [-0.05, 0) is 67.0 Å². The highest BCUT2D eigenvalue weighted by atomic mass is 32.1. The van der Waals surface area contributed by atoms with Crippen LogP contribution in [0.3, 0.4) is 0 Å². The van der Waals surface area contributed by atoms with E-state index in [4.69, 9.17) is 0 Å². The van der Waals surface area contributed by atoms with Crippen molar-refractivity contribution >= 4 is 11.3 Å². The van der Waals surface area contributed by atoms with Gasteiger partial charge in [-0.1, -0.05) is 12.8 Å². The highest BCUT2D eigenvalue weighted by Gasteiger charge is 2.32. The summed E-state index contributed by atoms with van der Waals surface area (Å²) in [5, 5.41) is 12.1. The van der Waals surface area contributed by atoms with Crippen LogP contribution in [0, 0.1) is 12.8 Å². The molecule has 19 heavy (non-hydrogen) atoms. The van der Waals surface area contributed by atoms with Crippen LogP contribution in [0.5, 0.6) is 0 Å². The smallest absolute Gasteiger partial charge is 0.0219 e. The lowest BCUT2D eigenvalue weighted by atomic mass is 9.79. The van der Waals surface area contributed by atoms with Crippen LogP contribution in [0.1, 0.15) is 49.7 Å². The van der Waals surface area contributed by atoms with E-state index in [1.54, 1.807) is 0 Å². The Kier molecular flexibility index (Phi) is 4.57. The van der Waals surface area contributed by atoms with E-state index in [0.29, 0.717) is 0 Å². The van der Waals surface area contributed by atoms with E-state index in [0.717, 1.165) is 24.5 Å². The summed E-state index contributed by atoms with van der Waals surface area (Å²) in [6, 6.07) is 1.50. The second-order valence-electron chi connectivity index (χ2n) is 6.22. The Hall–Kier alpha value is -0.380. The van der Waals surface area contributed by atoms with Crippen molar-refractivity contribution in [1.29, 1.82) is 0 Å². The zero-order chi connectivity index (χ0) is 13.1. The van der Waals surface area contributed by atoms with E-state index >= 15 is 0 Å². The summed E-state index contributed by atoms with van der Waals surface area (Å²) in [5.74, 6) is 0.857. The summed E-state index contributed by atoms with van der Waals surface area (Å²) in [4.78, 5) is 0. The quantitative estimate of drug-likeness (QED) is 0.881. The van der Waals surface area contributed by atoms with Crippen molar-refractivity contribution in [1.82, 2.24) is 10.6 Å². The van der Waals surface area contributed by atoms with Crippen molar-refractivity contribution in [3.8, 4) is 0 Å². The Balaban J connectivity index is 1.59. The Morgan fingerprint density at radius 1 is 1.21 bits per heavy atom. The van der Waals surface area contributed by atoms with Gasteiger partial charge in [-0.3, -0.25) is 0 Å². The predicted molar refractivity (Wildman–Crippen MR) is 82.7 cm³/mol. The van der Waals surface area contributed by atoms with Crippen LogP contribution in [0.2, 0.25) is 0 Å². The van der Waals surface area contributed by atoms with E-state index in [9.17, 15) is 0 Å². The molecule has 0 spiro atoms. The Labute approximate surface area is 121 Å². The molecule has 2 heterocycles. The maximum Gasteiger partial charge on any atom is 0.0219 e. The molecule has 3 heteroatoms. The first-order chi connectivity index (χ1) is 9.34. The van der Waals surface area contributed by atoms with Gasteiger partial charge >= 0.3 is 0 Å². The fourth-order valence-corrected chi connectivity index (χ4v) is 4.64. The molecule has 1 aliphatic carbocycles. The molecule has 2 aliphatic rings. The first-order valence-corrected chi connectivity index (χ1v) is 8.77. The zero-order valence-electron chi connectivity index (χ0n) is 12.0. The van der Waals surface area contributed by atoms with Crippen molar-refractivity contribution in [3.63, 3.8) is 0 Å². The molecule has 1 saturated carbocycles. The molecule has 1 aromatic heterocycles. The number of thiophene rings is 1. The largest absolute Gasteiger partial charge is 0.314 e. The molecule has 3 unspecified atom stereocenters. The maximum atomic E-state index is 3.86. The lowest BCUT2D eigenvalue weighted by Crippen LogP contribution is -2.46. The highest BCUT2D eigenvalue weighted by Crippen LogP contribution is 2.31. The Bertz CT molecular complexity index is 395. The van der Waals surface area contributed by atoms with Gasteiger partial charge in [0.1, 0.15) is 0 Å². The molecule has 1 saturated heterocycles. The van der Waals surface area contributed by atoms with Crippen molar-refractivity contribution in [3.05, 3.63) is 21.9 Å². The van der Waals surface area contributed by atoms with Crippen LogP contribution >= 0.6 is 11.3 Å². The minimum absolute atomic E-state index is 0.726. The summed E-state index contributed by atoms with van der Waals surface area (Å²) in [6.07, 6.45) is 8.38. The lowest BCUT2D eigenvalue weighted by molar-refractivity contribution is 0.213. The van der Waals surface area contributed by atoms with Gasteiger partial charge in [0.25, 0.3) is 0 Å². The molecular formula is C16H26N2S. The Morgan fingerprint density at radius 2 is 2.11 bits per heavy atom. The van der Waals surface area contributed by atoms with Crippen molar-refractivity contribution < 1.29 is 0 Å². The van der Waals surface area contributed by atoms with E-state index < -0.39 is 0 Å². The van der Waals surface area contributed by atoms with Gasteiger partial charge in [-0.15, -0.1) is 0 Å². The SMILES string of the molecule is Cc1cscc1CNC1CCCCC1C1CCCN1. The number of hydrogen-bond donors (Lipinski definition) is 2. The summed E-state index contributed by atoms with van der Waals surface area (Å²) < 4.78 is 0. The van der Waals surface area contributed by atoms with Gasteiger partial charge in [-0.25, -0.2) is 0 Å². The van der Waals surface area contributed by atoms with Crippen LogP contribution < -0.4 is 10.6 Å². The van der Waals surface area contributed by atoms with E-state index in [-0.39, 0.29) is 0 Å². The van der Waals surface area contributed by atoms with Gasteiger partial charge in [0, 0.05) is 18.6 Å². The third-order valence-corrected chi connectivity index (χ3v) is 5.86. The van der Waals surface area contributed by atoms with Crippen molar-refractivity contribution in [2.75, 3.05) is 6.54 Å². The standard InChI is InChI=1S/C16H26N2S/c1-12-10-19-11-13(12)9-18-16-6-3-2-5-14(16)15-7-4-8-17-15/h10-11,14-18H,2-9H2,1H3. The van der Waals surface area contributed by atoms with Crippen LogP contribution in [-0.2, 0) is 6.54 Å². The summed E-state index contributed by atoms with van der Waals surface area (Å²) in [6.45, 7) is 4.52. The fourth-order valence-electron chi connectivity index (χ4n) is 3.78. The van der Waals surface area contributed by atoms with Gasteiger partial charge in [0.15, 0.2) is 0 Å². The van der Waals surface area contributed by atoms with Gasteiger partial charge in [-0.2, -0.15) is 11.3 Å². The van der Waals surface area contributed by atoms with Crippen LogP contribution in [0.25, 0.3) is 0 Å². The number of nitrogens with one attached hydrogen (secondary N) is 2. The fraction of sp³-hybridized carbons (Fsp3) is 0.750. The van der Waals surface area contributed by atoms with Gasteiger partial charge < -0.3 is 10.6 Å². The van der Waals surface area contributed by atoms with Crippen molar-refractivity contribution in [2.24, 2.45) is 5.92 Å². The summed E-state index contributed by atoms with van der Waals surface area (Å²) in [7, 11) is 0. The molecule has 1 aliphatic heterocycles. The third-order valence-electron chi connectivity index (χ3n) is 4.95. The number of hydrogen-bond acceptors (Lipinski definition) is 3. The van der Waals surface area contributed by atoms with Crippen molar-refractivity contribution in [2.45, 2.75) is 64.1 Å². The van der Waals surface area contributed by atoms with Crippen LogP contribution in [-0.4, -0.2) is 18.6 Å². The second kappa shape index (κ2) is 6.38. The van der Waals surface area contributed by atoms with Gasteiger partial charge in [0.05, 0.1) is 0 Å².